The first-order chi connectivity index (χ1) is 10.9. The molecule has 0 bridgehead atoms. The molecule has 1 fully saturated rings. The molecule has 0 amide bonds. The molecule has 0 N–H and O–H groups in total. The molecule has 1 saturated heterocycles. The van der Waals surface area contributed by atoms with Crippen molar-refractivity contribution >= 4 is 17.3 Å². The Bertz CT molecular complexity index is 808. The van der Waals surface area contributed by atoms with Gasteiger partial charge in [0.15, 0.2) is 5.82 Å². The molecule has 2 unspecified atom stereocenters. The Labute approximate surface area is 137 Å². The van der Waals surface area contributed by atoms with Crippen molar-refractivity contribution < 1.29 is 8.78 Å². The third-order valence-corrected chi connectivity index (χ3v) is 4.84. The van der Waals surface area contributed by atoms with Gasteiger partial charge in [0.05, 0.1) is 11.9 Å². The van der Waals surface area contributed by atoms with E-state index in [1.165, 1.54) is 6.20 Å². The van der Waals surface area contributed by atoms with Crippen LogP contribution in [0, 0.1) is 17.6 Å². The van der Waals surface area contributed by atoms with Crippen molar-refractivity contribution in [2.24, 2.45) is 5.92 Å². The number of aromatic nitrogens is 2. The third-order valence-electron chi connectivity index (χ3n) is 4.49. The zero-order chi connectivity index (χ0) is 16.7. The molecule has 2 aromatic rings. The van der Waals surface area contributed by atoms with Crippen LogP contribution in [0.1, 0.15) is 20.3 Å². The molecule has 3 rings (SSSR count). The summed E-state index contributed by atoms with van der Waals surface area (Å²) in [6.07, 6.45) is 2.47. The van der Waals surface area contributed by atoms with E-state index in [4.69, 9.17) is 11.6 Å². The Kier molecular flexibility index (Phi) is 4.10. The summed E-state index contributed by atoms with van der Waals surface area (Å²) < 4.78 is 27.7. The fraction of sp³-hybridized carbons (Fsp3) is 0.375. The highest BCUT2D eigenvalue weighted by Gasteiger charge is 2.30. The molecule has 1 aromatic carbocycles. The van der Waals surface area contributed by atoms with Gasteiger partial charge < -0.3 is 4.90 Å². The van der Waals surface area contributed by atoms with Crippen molar-refractivity contribution in [3.05, 3.63) is 51.4 Å². The molecular weight excluding hydrogens is 324 g/mol. The molecule has 0 saturated carbocycles. The molecule has 0 radical (unpaired) electrons. The van der Waals surface area contributed by atoms with Gasteiger partial charge in [0, 0.05) is 18.7 Å². The summed E-state index contributed by atoms with van der Waals surface area (Å²) in [7, 11) is 0. The topological polar surface area (TPSA) is 38.1 Å². The van der Waals surface area contributed by atoms with Crippen LogP contribution in [-0.4, -0.2) is 22.4 Å². The first-order valence-electron chi connectivity index (χ1n) is 7.40. The summed E-state index contributed by atoms with van der Waals surface area (Å²) in [6, 6.07) is 3.18. The molecule has 0 spiro atoms. The number of halogens is 3. The van der Waals surface area contributed by atoms with Gasteiger partial charge in [0.25, 0.3) is 5.56 Å². The molecule has 1 aliphatic rings. The van der Waals surface area contributed by atoms with E-state index in [1.807, 2.05) is 4.90 Å². The molecule has 1 aromatic heterocycles. The Morgan fingerprint density at radius 3 is 2.61 bits per heavy atom. The fourth-order valence-electron chi connectivity index (χ4n) is 2.88. The second kappa shape index (κ2) is 5.92. The lowest BCUT2D eigenvalue weighted by molar-refractivity contribution is 0.545. The Hall–Kier alpha value is -1.95. The van der Waals surface area contributed by atoms with E-state index < -0.39 is 17.2 Å². The smallest absolute Gasteiger partial charge is 0.292 e. The van der Waals surface area contributed by atoms with E-state index in [-0.39, 0.29) is 16.8 Å². The lowest BCUT2D eigenvalue weighted by Crippen LogP contribution is -2.32. The van der Waals surface area contributed by atoms with E-state index >= 15 is 0 Å². The van der Waals surface area contributed by atoms with Crippen LogP contribution in [0.4, 0.5) is 14.5 Å². The van der Waals surface area contributed by atoms with E-state index in [9.17, 15) is 13.6 Å². The maximum atomic E-state index is 13.9. The fourth-order valence-corrected chi connectivity index (χ4v) is 3.12. The monoisotopic (exact) mass is 339 g/mol. The van der Waals surface area contributed by atoms with Crippen LogP contribution < -0.4 is 10.5 Å². The first-order valence-corrected chi connectivity index (χ1v) is 7.78. The van der Waals surface area contributed by atoms with Crippen LogP contribution in [0.2, 0.25) is 5.02 Å². The van der Waals surface area contributed by atoms with Gasteiger partial charge in [-0.2, -0.15) is 9.78 Å². The average Bonchev–Trinajstić information content (AvgIpc) is 2.83. The van der Waals surface area contributed by atoms with E-state index in [1.54, 1.807) is 0 Å². The predicted octanol–water partition coefficient (Wildman–Crippen LogP) is 3.40. The standard InChI is InChI=1S/C16H16ClF2N3O/c1-9-5-6-21(10(9)2)14-8-20-22(16(23)15(14)17)13-4-3-11(18)7-12(13)19/h3-4,7-10H,5-6H2,1-2H3. The normalized spacial score (nSPS) is 21.0. The SMILES string of the molecule is CC1CCN(c2cnn(-c3ccc(F)cc3F)c(=O)c2Cl)C1C. The van der Waals surface area contributed by atoms with Crippen molar-refractivity contribution in [3.63, 3.8) is 0 Å². The van der Waals surface area contributed by atoms with Gasteiger partial charge in [-0.1, -0.05) is 18.5 Å². The van der Waals surface area contributed by atoms with Gasteiger partial charge >= 0.3 is 0 Å². The highest BCUT2D eigenvalue weighted by atomic mass is 35.5. The third kappa shape index (κ3) is 2.72. The van der Waals surface area contributed by atoms with Gasteiger partial charge in [-0.25, -0.2) is 8.78 Å². The van der Waals surface area contributed by atoms with Crippen molar-refractivity contribution in [2.45, 2.75) is 26.3 Å². The summed E-state index contributed by atoms with van der Waals surface area (Å²) in [5.41, 5.74) is -0.207. The van der Waals surface area contributed by atoms with Gasteiger partial charge in [0.1, 0.15) is 16.5 Å². The van der Waals surface area contributed by atoms with Crippen LogP contribution in [0.5, 0.6) is 0 Å². The minimum absolute atomic E-state index is 0.00956. The van der Waals surface area contributed by atoms with Crippen LogP contribution in [0.25, 0.3) is 5.69 Å². The summed E-state index contributed by atoms with van der Waals surface area (Å²) in [4.78, 5) is 14.5. The predicted molar refractivity (Wildman–Crippen MR) is 85.3 cm³/mol. The molecule has 122 valence electrons. The van der Waals surface area contributed by atoms with Crippen LogP contribution in [0.15, 0.2) is 29.2 Å². The zero-order valence-corrected chi connectivity index (χ0v) is 13.5. The number of nitrogens with zero attached hydrogens (tertiary/aromatic N) is 3. The minimum Gasteiger partial charge on any atom is -0.366 e. The van der Waals surface area contributed by atoms with Gasteiger partial charge in [0.2, 0.25) is 0 Å². The van der Waals surface area contributed by atoms with Crippen LogP contribution >= 0.6 is 11.6 Å². The average molecular weight is 340 g/mol. The number of hydrogen-bond acceptors (Lipinski definition) is 3. The summed E-state index contributed by atoms with van der Waals surface area (Å²) in [5, 5.41) is 4.01. The van der Waals surface area contributed by atoms with Crippen molar-refractivity contribution in [1.29, 1.82) is 0 Å². The second-order valence-electron chi connectivity index (χ2n) is 5.86. The molecule has 1 aliphatic heterocycles. The van der Waals surface area contributed by atoms with Crippen LogP contribution in [-0.2, 0) is 0 Å². The number of benzene rings is 1. The highest BCUT2D eigenvalue weighted by molar-refractivity contribution is 6.33. The molecule has 0 aliphatic carbocycles. The molecular formula is C16H16ClF2N3O. The quantitative estimate of drug-likeness (QED) is 0.841. The first kappa shape index (κ1) is 15.9. The van der Waals surface area contributed by atoms with E-state index in [2.05, 4.69) is 18.9 Å². The Morgan fingerprint density at radius 2 is 2.00 bits per heavy atom. The maximum absolute atomic E-state index is 13.9. The van der Waals surface area contributed by atoms with Crippen molar-refractivity contribution in [2.75, 3.05) is 11.4 Å². The van der Waals surface area contributed by atoms with Gasteiger partial charge in [-0.3, -0.25) is 4.79 Å². The molecule has 7 heteroatoms. The number of hydrogen-bond donors (Lipinski definition) is 0. The second-order valence-corrected chi connectivity index (χ2v) is 6.23. The lowest BCUT2D eigenvalue weighted by Gasteiger charge is -2.26. The zero-order valence-electron chi connectivity index (χ0n) is 12.8. The number of anilines is 1. The summed E-state index contributed by atoms with van der Waals surface area (Å²) in [6.45, 7) is 5.00. The molecule has 2 atom stereocenters. The van der Waals surface area contributed by atoms with Crippen LogP contribution in [0.3, 0.4) is 0 Å². The highest BCUT2D eigenvalue weighted by Crippen LogP contribution is 2.32. The molecule has 2 heterocycles. The van der Waals surface area contributed by atoms with Crippen molar-refractivity contribution in [1.82, 2.24) is 9.78 Å². The minimum atomic E-state index is -0.869. The van der Waals surface area contributed by atoms with Gasteiger partial charge in [-0.15, -0.1) is 0 Å². The summed E-state index contributed by atoms with van der Waals surface area (Å²) >= 11 is 6.21. The Balaban J connectivity index is 2.06. The molecule has 4 nitrogen and oxygen atoms in total. The van der Waals surface area contributed by atoms with E-state index in [0.29, 0.717) is 17.7 Å². The Morgan fingerprint density at radius 1 is 1.26 bits per heavy atom. The number of rotatable bonds is 2. The van der Waals surface area contributed by atoms with Crippen molar-refractivity contribution in [3.8, 4) is 5.69 Å². The maximum Gasteiger partial charge on any atom is 0.292 e. The van der Waals surface area contributed by atoms with E-state index in [0.717, 1.165) is 29.8 Å². The summed E-state index contributed by atoms with van der Waals surface area (Å²) in [5.74, 6) is -1.10. The largest absolute Gasteiger partial charge is 0.366 e. The van der Waals surface area contributed by atoms with Gasteiger partial charge in [-0.05, 0) is 31.4 Å². The molecule has 23 heavy (non-hydrogen) atoms. The lowest BCUT2D eigenvalue weighted by atomic mass is 10.1.